The monoisotopic (exact) mass is 526 g/mol. The van der Waals surface area contributed by atoms with Crippen molar-refractivity contribution in [2.45, 2.75) is 62.3 Å². The van der Waals surface area contributed by atoms with Gasteiger partial charge in [0.1, 0.15) is 12.1 Å². The van der Waals surface area contributed by atoms with Crippen LogP contribution in [0.5, 0.6) is 0 Å². The van der Waals surface area contributed by atoms with E-state index in [0.717, 1.165) is 12.8 Å². The molecule has 1 unspecified atom stereocenters. The Hall–Kier alpha value is -3.66. The first-order valence-electron chi connectivity index (χ1n) is 12.9. The molecule has 37 heavy (non-hydrogen) atoms. The summed E-state index contributed by atoms with van der Waals surface area (Å²) < 4.78 is 55.6. The average molecular weight is 527 g/mol. The maximum atomic E-state index is 13.8. The summed E-state index contributed by atoms with van der Waals surface area (Å²) >= 11 is 0. The fraction of sp³-hybridized carbons (Fsp3) is 0.542. The summed E-state index contributed by atoms with van der Waals surface area (Å²) in [6, 6.07) is 5.93. The molecule has 1 aromatic carbocycles. The molecular weight excluding hydrogens is 495 g/mol. The Labute approximate surface area is 215 Å². The highest BCUT2D eigenvalue weighted by molar-refractivity contribution is 6.07. The van der Waals surface area contributed by atoms with Gasteiger partial charge in [-0.2, -0.15) is 18.4 Å². The fourth-order valence-corrected chi connectivity index (χ4v) is 4.54. The standard InChI is InChI=1S/C22H27N5O3.C2HF3O2/c1-13(24)19(28)26(2)18(9-14-7-8-14)20(29)27-12-22(10-15(27)11-23)16-5-3-4-6-17(16)25-21(22)30;3-2(4,5)1(6)7/h3-6,13-15,18H,7-10,12,24H2,1-2H3,(H,25,30);(H,6,7)/t13?,15-,18-,22-;/m0./s1/i2D3;. The van der Waals surface area contributed by atoms with E-state index in [0.29, 0.717) is 16.2 Å². The summed E-state index contributed by atoms with van der Waals surface area (Å²) in [6.45, 7) is -1.56. The second kappa shape index (κ2) is 10.4. The van der Waals surface area contributed by atoms with E-state index in [4.69, 9.17) is 19.7 Å². The number of nitrogens with two attached hydrogens (primary N) is 1. The number of hydrogen-bond acceptors (Lipinski definition) is 6. The number of carbonyl (C=O) groups is 4. The number of halogens is 3. The van der Waals surface area contributed by atoms with Gasteiger partial charge in [0.05, 0.1) is 17.5 Å². The second-order valence-corrected chi connectivity index (χ2v) is 9.39. The van der Waals surface area contributed by atoms with Gasteiger partial charge in [-0.05, 0) is 30.9 Å². The number of anilines is 1. The van der Waals surface area contributed by atoms with E-state index < -0.39 is 54.5 Å². The van der Waals surface area contributed by atoms with Gasteiger partial charge in [-0.15, -0.1) is 0 Å². The molecular formula is C24H28F3N5O5. The van der Waals surface area contributed by atoms with Crippen LogP contribution in [-0.4, -0.2) is 76.4 Å². The minimum Gasteiger partial charge on any atom is -0.475 e. The summed E-state index contributed by atoms with van der Waals surface area (Å²) in [5.74, 6) is -4.41. The number of carboxylic acid groups (broad SMARTS) is 1. The zero-order valence-electron chi connectivity index (χ0n) is 22.8. The van der Waals surface area contributed by atoms with E-state index in [1.54, 1.807) is 24.3 Å². The van der Waals surface area contributed by atoms with Gasteiger partial charge in [0.2, 0.25) is 17.7 Å². The number of carbonyl (C=O) groups excluding carboxylic acids is 3. The third-order valence-corrected chi connectivity index (χ3v) is 6.64. The van der Waals surface area contributed by atoms with Crippen molar-refractivity contribution in [2.24, 2.45) is 11.7 Å². The molecule has 2 aliphatic heterocycles. The lowest BCUT2D eigenvalue weighted by atomic mass is 9.80. The van der Waals surface area contributed by atoms with Gasteiger partial charge in [-0.1, -0.05) is 31.0 Å². The van der Waals surface area contributed by atoms with Crippen LogP contribution in [0, 0.1) is 17.2 Å². The van der Waals surface area contributed by atoms with E-state index in [9.17, 15) is 32.8 Å². The maximum absolute atomic E-state index is 13.8. The second-order valence-electron chi connectivity index (χ2n) is 9.39. The molecule has 10 nitrogen and oxygen atoms in total. The maximum Gasteiger partial charge on any atom is 0.490 e. The zero-order chi connectivity index (χ0) is 30.2. The molecule has 1 saturated carbocycles. The molecule has 1 spiro atoms. The summed E-state index contributed by atoms with van der Waals surface area (Å²) in [4.78, 5) is 50.4. The minimum absolute atomic E-state index is 0.0602. The van der Waals surface area contributed by atoms with Gasteiger partial charge in [0, 0.05) is 29.7 Å². The molecule has 3 aliphatic rings. The van der Waals surface area contributed by atoms with Crippen LogP contribution in [0.2, 0.25) is 0 Å². The smallest absolute Gasteiger partial charge is 0.475 e. The minimum atomic E-state index is -5.08. The van der Waals surface area contributed by atoms with Crippen LogP contribution in [0.3, 0.4) is 0 Å². The Kier molecular flexibility index (Phi) is 6.65. The molecule has 1 aliphatic carbocycles. The predicted molar refractivity (Wildman–Crippen MR) is 124 cm³/mol. The van der Waals surface area contributed by atoms with Crippen molar-refractivity contribution >= 4 is 29.4 Å². The SMILES string of the molecule is O=C(O)C(F)(F)F.[2H]C([2H])([2H])N(C(=O)C(C)N)[C@@H](CC1CC1)C(=O)N1C[C@]2(C[C@H]1C#N)C(=O)Nc1ccccc12. The number of para-hydroxylation sites is 1. The molecule has 200 valence electrons. The Morgan fingerprint density at radius 1 is 1.38 bits per heavy atom. The quantitative estimate of drug-likeness (QED) is 0.526. The zero-order valence-corrected chi connectivity index (χ0v) is 19.8. The van der Waals surface area contributed by atoms with Crippen molar-refractivity contribution in [3.05, 3.63) is 29.8 Å². The number of carboxylic acids is 1. The molecule has 4 atom stereocenters. The van der Waals surface area contributed by atoms with Crippen LogP contribution >= 0.6 is 0 Å². The van der Waals surface area contributed by atoms with Gasteiger partial charge in [-0.25, -0.2) is 4.79 Å². The number of amides is 3. The summed E-state index contributed by atoms with van der Waals surface area (Å²) in [5.41, 5.74) is 5.98. The predicted octanol–water partition coefficient (Wildman–Crippen LogP) is 1.61. The third-order valence-electron chi connectivity index (χ3n) is 6.64. The van der Waals surface area contributed by atoms with Crippen molar-refractivity contribution in [1.82, 2.24) is 9.80 Å². The lowest BCUT2D eigenvalue weighted by molar-refractivity contribution is -0.192. The number of nitrogens with one attached hydrogen (secondary N) is 1. The number of nitriles is 1. The molecule has 1 saturated heterocycles. The van der Waals surface area contributed by atoms with Crippen LogP contribution in [0.15, 0.2) is 24.3 Å². The highest BCUT2D eigenvalue weighted by Crippen LogP contribution is 2.46. The fourth-order valence-electron chi connectivity index (χ4n) is 4.54. The number of hydrogen-bond donors (Lipinski definition) is 3. The normalized spacial score (nSPS) is 25.3. The molecule has 0 radical (unpaired) electrons. The summed E-state index contributed by atoms with van der Waals surface area (Å²) in [5, 5.41) is 19.8. The Bertz CT molecular complexity index is 1230. The molecule has 1 aromatic rings. The lowest BCUT2D eigenvalue weighted by Gasteiger charge is -2.33. The first-order valence-corrected chi connectivity index (χ1v) is 11.4. The van der Waals surface area contributed by atoms with Crippen LogP contribution < -0.4 is 11.1 Å². The van der Waals surface area contributed by atoms with Gasteiger partial charge in [0.25, 0.3) is 0 Å². The largest absolute Gasteiger partial charge is 0.490 e. The number of likely N-dealkylation sites (N-methyl/N-ethyl adjacent to an activating group) is 1. The van der Waals surface area contributed by atoms with E-state index in [2.05, 4.69) is 11.4 Å². The molecule has 13 heteroatoms. The topological polar surface area (TPSA) is 157 Å². The van der Waals surface area contributed by atoms with Gasteiger partial charge >= 0.3 is 12.1 Å². The summed E-state index contributed by atoms with van der Waals surface area (Å²) in [7, 11) is 0. The van der Waals surface area contributed by atoms with Crippen LogP contribution in [0.25, 0.3) is 0 Å². The lowest BCUT2D eigenvalue weighted by Crippen LogP contribution is -2.54. The van der Waals surface area contributed by atoms with Crippen LogP contribution in [0.4, 0.5) is 18.9 Å². The van der Waals surface area contributed by atoms with Crippen molar-refractivity contribution in [1.29, 1.82) is 5.26 Å². The summed E-state index contributed by atoms with van der Waals surface area (Å²) in [6.07, 6.45) is -3.12. The van der Waals surface area contributed by atoms with Crippen molar-refractivity contribution in [3.8, 4) is 6.07 Å². The molecule has 3 amide bonds. The number of nitrogens with zero attached hydrogens (tertiary/aromatic N) is 3. The number of aliphatic carboxylic acids is 1. The number of rotatable bonds is 5. The average Bonchev–Trinajstić information content (AvgIpc) is 3.52. The van der Waals surface area contributed by atoms with Gasteiger partial charge in [-0.3, -0.25) is 14.4 Å². The van der Waals surface area contributed by atoms with Crippen LogP contribution in [-0.2, 0) is 24.6 Å². The number of benzene rings is 1. The van der Waals surface area contributed by atoms with E-state index >= 15 is 0 Å². The van der Waals surface area contributed by atoms with Crippen molar-refractivity contribution in [3.63, 3.8) is 0 Å². The van der Waals surface area contributed by atoms with Crippen molar-refractivity contribution in [2.75, 3.05) is 18.8 Å². The van der Waals surface area contributed by atoms with E-state index in [1.807, 2.05) is 0 Å². The van der Waals surface area contributed by atoms with Gasteiger partial charge in [0.15, 0.2) is 0 Å². The first-order chi connectivity index (χ1) is 18.4. The molecule has 0 aromatic heterocycles. The molecule has 2 heterocycles. The highest BCUT2D eigenvalue weighted by Gasteiger charge is 2.57. The molecule has 4 N–H and O–H groups in total. The molecule has 2 fully saturated rings. The third kappa shape index (κ3) is 5.69. The van der Waals surface area contributed by atoms with Crippen molar-refractivity contribution < 1.29 is 41.6 Å². The van der Waals surface area contributed by atoms with E-state index in [1.165, 1.54) is 11.8 Å². The highest BCUT2D eigenvalue weighted by atomic mass is 19.4. The number of alkyl halides is 3. The molecule has 0 bridgehead atoms. The van der Waals surface area contributed by atoms with Crippen LogP contribution in [0.1, 0.15) is 42.3 Å². The Morgan fingerprint density at radius 3 is 2.51 bits per heavy atom. The Morgan fingerprint density at radius 2 is 2.00 bits per heavy atom. The molecule has 4 rings (SSSR count). The van der Waals surface area contributed by atoms with Gasteiger partial charge < -0.3 is 26.0 Å². The van der Waals surface area contributed by atoms with E-state index in [-0.39, 0.29) is 31.2 Å². The first kappa shape index (κ1) is 23.7. The number of fused-ring (bicyclic) bond motifs is 2. The number of likely N-dealkylation sites (tertiary alicyclic amines) is 1. The Balaban J connectivity index is 0.000000559.